The van der Waals surface area contributed by atoms with Crippen LogP contribution in [-0.2, 0) is 9.53 Å². The van der Waals surface area contributed by atoms with E-state index in [0.717, 1.165) is 25.7 Å². The Balaban J connectivity index is 1.54. The van der Waals surface area contributed by atoms with E-state index in [2.05, 4.69) is 10.3 Å². The Kier molecular flexibility index (Phi) is 4.60. The van der Waals surface area contributed by atoms with Crippen molar-refractivity contribution in [2.45, 2.75) is 25.7 Å². The minimum atomic E-state index is -0.0868. The molecule has 1 fully saturated rings. The Hall–Kier alpha value is -1.78. The monoisotopic (exact) mass is 264 g/mol. The predicted octanol–water partition coefficient (Wildman–Crippen LogP) is 1.72. The van der Waals surface area contributed by atoms with Crippen LogP contribution in [0.5, 0.6) is 0 Å². The van der Waals surface area contributed by atoms with Gasteiger partial charge in [0.15, 0.2) is 0 Å². The maximum atomic E-state index is 11.6. The second-order valence-electron chi connectivity index (χ2n) is 5.04. The van der Waals surface area contributed by atoms with Crippen LogP contribution in [0.25, 0.3) is 0 Å². The number of hydrogen-bond donors (Lipinski definition) is 2. The highest BCUT2D eigenvalue weighted by Crippen LogP contribution is 2.37. The van der Waals surface area contributed by atoms with Crippen molar-refractivity contribution in [3.8, 4) is 0 Å². The highest BCUT2D eigenvalue weighted by atomic mass is 16.5. The van der Waals surface area contributed by atoms with Gasteiger partial charge in [0, 0.05) is 12.7 Å². The molecule has 2 rings (SSSR count). The lowest BCUT2D eigenvalue weighted by atomic mass is 9.73. The Bertz CT molecular complexity index is 422. The molecule has 0 saturated heterocycles. The highest BCUT2D eigenvalue weighted by Gasteiger charge is 2.34. The van der Waals surface area contributed by atoms with Crippen LogP contribution in [0.15, 0.2) is 18.3 Å². The molecule has 1 aromatic heterocycles. The average molecular weight is 264 g/mol. The van der Waals surface area contributed by atoms with Gasteiger partial charge in [0.2, 0.25) is 0 Å². The molecule has 0 radical (unpaired) electrons. The van der Waals surface area contributed by atoms with Crippen molar-refractivity contribution in [1.82, 2.24) is 10.3 Å². The van der Waals surface area contributed by atoms with Crippen LogP contribution in [0.4, 0.5) is 0 Å². The molecule has 0 aromatic carbocycles. The van der Waals surface area contributed by atoms with Gasteiger partial charge >= 0.3 is 5.97 Å². The second-order valence-corrected chi connectivity index (χ2v) is 5.04. The zero-order valence-corrected chi connectivity index (χ0v) is 11.1. The van der Waals surface area contributed by atoms with Crippen LogP contribution < -0.4 is 5.32 Å². The van der Waals surface area contributed by atoms with Gasteiger partial charge in [-0.25, -0.2) is 0 Å². The number of hydrogen-bond acceptors (Lipinski definition) is 3. The molecule has 0 spiro atoms. The SMILES string of the molecule is COC(=O)C1CC(CCCNC(=O)c2ccc[nH]2)C1. The first-order valence-electron chi connectivity index (χ1n) is 6.70. The smallest absolute Gasteiger partial charge is 0.308 e. The number of aromatic amines is 1. The van der Waals surface area contributed by atoms with Crippen molar-refractivity contribution < 1.29 is 14.3 Å². The Morgan fingerprint density at radius 2 is 2.26 bits per heavy atom. The van der Waals surface area contributed by atoms with E-state index >= 15 is 0 Å². The van der Waals surface area contributed by atoms with Crippen LogP contribution in [0.1, 0.15) is 36.2 Å². The van der Waals surface area contributed by atoms with Crippen molar-refractivity contribution in [2.24, 2.45) is 11.8 Å². The van der Waals surface area contributed by atoms with Gasteiger partial charge in [-0.3, -0.25) is 9.59 Å². The number of aromatic nitrogens is 1. The lowest BCUT2D eigenvalue weighted by Gasteiger charge is -2.33. The van der Waals surface area contributed by atoms with Gasteiger partial charge in [0.1, 0.15) is 5.69 Å². The van der Waals surface area contributed by atoms with Gasteiger partial charge in [0.25, 0.3) is 5.91 Å². The number of methoxy groups -OCH3 is 1. The fourth-order valence-corrected chi connectivity index (χ4v) is 2.49. The lowest BCUT2D eigenvalue weighted by molar-refractivity contribution is -0.150. The van der Waals surface area contributed by atoms with E-state index in [4.69, 9.17) is 4.74 Å². The maximum absolute atomic E-state index is 11.6. The molecule has 5 nitrogen and oxygen atoms in total. The third kappa shape index (κ3) is 3.59. The molecule has 1 saturated carbocycles. The van der Waals surface area contributed by atoms with Crippen LogP contribution in [-0.4, -0.2) is 30.5 Å². The molecule has 0 unspecified atom stereocenters. The summed E-state index contributed by atoms with van der Waals surface area (Å²) < 4.78 is 4.70. The summed E-state index contributed by atoms with van der Waals surface area (Å²) in [5.74, 6) is 0.553. The highest BCUT2D eigenvalue weighted by molar-refractivity contribution is 5.92. The lowest BCUT2D eigenvalue weighted by Crippen LogP contribution is -2.32. The number of ether oxygens (including phenoxy) is 1. The third-order valence-corrected chi connectivity index (χ3v) is 3.69. The molecule has 0 atom stereocenters. The standard InChI is InChI=1S/C14H20N2O3/c1-19-14(18)11-8-10(9-11)4-2-7-16-13(17)12-5-3-6-15-12/h3,5-6,10-11,15H,2,4,7-9H2,1H3,(H,16,17). The first-order chi connectivity index (χ1) is 9.20. The molecule has 1 heterocycles. The molecule has 1 aliphatic rings. The number of nitrogens with one attached hydrogen (secondary N) is 2. The van der Waals surface area contributed by atoms with E-state index in [9.17, 15) is 9.59 Å². The molecule has 19 heavy (non-hydrogen) atoms. The molecular weight excluding hydrogens is 244 g/mol. The molecule has 2 N–H and O–H groups in total. The summed E-state index contributed by atoms with van der Waals surface area (Å²) >= 11 is 0. The largest absolute Gasteiger partial charge is 0.469 e. The van der Waals surface area contributed by atoms with Crippen LogP contribution in [0.3, 0.4) is 0 Å². The van der Waals surface area contributed by atoms with Crippen molar-refractivity contribution in [2.75, 3.05) is 13.7 Å². The molecule has 1 aliphatic carbocycles. The summed E-state index contributed by atoms with van der Waals surface area (Å²) in [5.41, 5.74) is 0.592. The summed E-state index contributed by atoms with van der Waals surface area (Å²) in [6, 6.07) is 3.55. The number of rotatable bonds is 6. The maximum Gasteiger partial charge on any atom is 0.308 e. The normalized spacial score (nSPS) is 21.5. The number of carbonyl (C=O) groups is 2. The van der Waals surface area contributed by atoms with Gasteiger partial charge in [-0.1, -0.05) is 0 Å². The molecule has 104 valence electrons. The van der Waals surface area contributed by atoms with E-state index in [1.807, 2.05) is 0 Å². The molecule has 0 aliphatic heterocycles. The van der Waals surface area contributed by atoms with Crippen molar-refractivity contribution >= 4 is 11.9 Å². The molecule has 5 heteroatoms. The minimum absolute atomic E-state index is 0.0638. The summed E-state index contributed by atoms with van der Waals surface area (Å²) in [7, 11) is 1.44. The molecule has 1 aromatic rings. The second kappa shape index (κ2) is 6.41. The zero-order valence-electron chi connectivity index (χ0n) is 11.1. The van der Waals surface area contributed by atoms with Gasteiger partial charge in [-0.05, 0) is 43.7 Å². The Morgan fingerprint density at radius 3 is 2.89 bits per heavy atom. The fourth-order valence-electron chi connectivity index (χ4n) is 2.49. The minimum Gasteiger partial charge on any atom is -0.469 e. The summed E-state index contributed by atoms with van der Waals surface area (Å²) in [4.78, 5) is 25.7. The van der Waals surface area contributed by atoms with Gasteiger partial charge in [-0.15, -0.1) is 0 Å². The average Bonchev–Trinajstić information content (AvgIpc) is 2.89. The first kappa shape index (κ1) is 13.6. The van der Waals surface area contributed by atoms with E-state index < -0.39 is 0 Å². The number of amides is 1. The van der Waals surface area contributed by atoms with Crippen molar-refractivity contribution in [3.63, 3.8) is 0 Å². The van der Waals surface area contributed by atoms with Crippen molar-refractivity contribution in [3.05, 3.63) is 24.0 Å². The molecule has 1 amide bonds. The third-order valence-electron chi connectivity index (χ3n) is 3.69. The quantitative estimate of drug-likeness (QED) is 0.607. The topological polar surface area (TPSA) is 71.2 Å². The summed E-state index contributed by atoms with van der Waals surface area (Å²) in [6.45, 7) is 0.678. The number of H-pyrrole nitrogens is 1. The fraction of sp³-hybridized carbons (Fsp3) is 0.571. The van der Waals surface area contributed by atoms with Gasteiger partial charge < -0.3 is 15.0 Å². The van der Waals surface area contributed by atoms with Gasteiger partial charge in [0.05, 0.1) is 13.0 Å². The Labute approximate surface area is 112 Å². The van der Waals surface area contributed by atoms with Gasteiger partial charge in [-0.2, -0.15) is 0 Å². The van der Waals surface area contributed by atoms with E-state index in [1.165, 1.54) is 7.11 Å². The molecule has 0 bridgehead atoms. The summed E-state index contributed by atoms with van der Waals surface area (Å²) in [6.07, 6.45) is 5.59. The molecular formula is C14H20N2O3. The van der Waals surface area contributed by atoms with Crippen molar-refractivity contribution in [1.29, 1.82) is 0 Å². The first-order valence-corrected chi connectivity index (χ1v) is 6.70. The van der Waals surface area contributed by atoms with Crippen LogP contribution >= 0.6 is 0 Å². The number of carbonyl (C=O) groups excluding carboxylic acids is 2. The van der Waals surface area contributed by atoms with E-state index in [1.54, 1.807) is 18.3 Å². The van der Waals surface area contributed by atoms with E-state index in [-0.39, 0.29) is 17.8 Å². The zero-order chi connectivity index (χ0) is 13.7. The number of esters is 1. The van der Waals surface area contributed by atoms with E-state index in [0.29, 0.717) is 18.2 Å². The van der Waals surface area contributed by atoms with Crippen LogP contribution in [0.2, 0.25) is 0 Å². The predicted molar refractivity (Wildman–Crippen MR) is 70.6 cm³/mol. The Morgan fingerprint density at radius 1 is 1.47 bits per heavy atom. The van der Waals surface area contributed by atoms with Crippen LogP contribution in [0, 0.1) is 11.8 Å². The summed E-state index contributed by atoms with van der Waals surface area (Å²) in [5, 5.41) is 2.87.